The first-order valence-corrected chi connectivity index (χ1v) is 12.2. The Morgan fingerprint density at radius 1 is 1.12 bits per heavy atom. The number of aromatic hydroxyl groups is 1. The molecule has 5 rings (SSSR count). The number of hydrogen-bond acceptors (Lipinski definition) is 7. The van der Waals surface area contributed by atoms with Gasteiger partial charge in [-0.25, -0.2) is 18.7 Å². The Morgan fingerprint density at radius 3 is 2.60 bits per heavy atom. The second-order valence-electron chi connectivity index (χ2n) is 10.0. The number of phenols is 1. The van der Waals surface area contributed by atoms with Crippen LogP contribution < -0.4 is 20.1 Å². The summed E-state index contributed by atoms with van der Waals surface area (Å²) >= 11 is 0. The Hall–Kier alpha value is -4.98. The third kappa shape index (κ3) is 4.80. The second-order valence-corrected chi connectivity index (χ2v) is 10.0. The molecule has 0 saturated heterocycles. The molecule has 2 atom stereocenters. The number of nitrogens with zero attached hydrogens (tertiary/aromatic N) is 2. The Balaban J connectivity index is 1.33. The van der Waals surface area contributed by atoms with E-state index in [4.69, 9.17) is 9.47 Å². The molecule has 1 heterocycles. The van der Waals surface area contributed by atoms with Crippen LogP contribution in [0, 0.1) is 28.5 Å². The molecule has 1 fully saturated rings. The highest BCUT2D eigenvalue weighted by atomic mass is 19.1. The number of amides is 2. The van der Waals surface area contributed by atoms with E-state index in [1.54, 1.807) is 13.8 Å². The fourth-order valence-corrected chi connectivity index (χ4v) is 4.63. The third-order valence-corrected chi connectivity index (χ3v) is 6.99. The van der Waals surface area contributed by atoms with Gasteiger partial charge in [-0.15, -0.1) is 0 Å². The number of benzene rings is 2. The molecular weight excluding hydrogens is 522 g/mol. The van der Waals surface area contributed by atoms with Crippen LogP contribution >= 0.6 is 0 Å². The van der Waals surface area contributed by atoms with Crippen molar-refractivity contribution in [1.82, 2.24) is 15.3 Å². The number of halogens is 2. The molecule has 3 aromatic rings. The first kappa shape index (κ1) is 26.6. The van der Waals surface area contributed by atoms with Gasteiger partial charge in [-0.1, -0.05) is 25.7 Å². The van der Waals surface area contributed by atoms with Gasteiger partial charge in [0.15, 0.2) is 23.1 Å². The number of allylic oxidation sites excluding steroid dienone is 3. The van der Waals surface area contributed by atoms with Crippen LogP contribution in [0.2, 0.25) is 0 Å². The summed E-state index contributed by atoms with van der Waals surface area (Å²) in [5, 5.41) is 15.7. The summed E-state index contributed by atoms with van der Waals surface area (Å²) in [5.41, 5.74) is -1.62. The summed E-state index contributed by atoms with van der Waals surface area (Å²) in [4.78, 5) is 34.7. The lowest BCUT2D eigenvalue weighted by atomic mass is 9.93. The maximum atomic E-state index is 15.1. The maximum Gasteiger partial charge on any atom is 0.240 e. The smallest absolute Gasteiger partial charge is 0.240 e. The van der Waals surface area contributed by atoms with Gasteiger partial charge in [0.1, 0.15) is 23.6 Å². The number of carbonyl (C=O) groups excluding carboxylic acids is 2. The highest BCUT2D eigenvalue weighted by Gasteiger charge is 2.71. The molecule has 2 unspecified atom stereocenters. The fraction of sp³-hybridized carbons (Fsp3) is 0.241. The Morgan fingerprint density at radius 2 is 1.90 bits per heavy atom. The normalized spacial score (nSPS) is 20.4. The van der Waals surface area contributed by atoms with Gasteiger partial charge in [0.25, 0.3) is 0 Å². The van der Waals surface area contributed by atoms with E-state index in [0.717, 1.165) is 12.1 Å². The molecule has 1 saturated carbocycles. The van der Waals surface area contributed by atoms with Crippen molar-refractivity contribution in [2.45, 2.75) is 26.3 Å². The molecule has 11 heteroatoms. The highest BCUT2D eigenvalue weighted by Crippen LogP contribution is 2.64. The largest absolute Gasteiger partial charge is 0.504 e. The Labute approximate surface area is 227 Å². The van der Waals surface area contributed by atoms with Crippen molar-refractivity contribution in [2.75, 3.05) is 12.4 Å². The lowest BCUT2D eigenvalue weighted by Gasteiger charge is -2.21. The lowest BCUT2D eigenvalue weighted by Crippen LogP contribution is -2.45. The van der Waals surface area contributed by atoms with Gasteiger partial charge in [0.2, 0.25) is 17.7 Å². The monoisotopic (exact) mass is 546 g/mol. The minimum atomic E-state index is -1.42. The number of methoxy groups -OCH3 is 1. The van der Waals surface area contributed by atoms with Crippen molar-refractivity contribution in [3.8, 4) is 35.0 Å². The minimum Gasteiger partial charge on any atom is -0.504 e. The average Bonchev–Trinajstić information content (AvgIpc) is 3.57. The van der Waals surface area contributed by atoms with Crippen LogP contribution in [-0.2, 0) is 9.59 Å². The molecule has 0 bridgehead atoms. The van der Waals surface area contributed by atoms with Gasteiger partial charge in [-0.3, -0.25) is 9.59 Å². The van der Waals surface area contributed by atoms with E-state index in [-0.39, 0.29) is 35.2 Å². The number of aromatic nitrogens is 2. The van der Waals surface area contributed by atoms with Crippen molar-refractivity contribution < 1.29 is 33.0 Å². The summed E-state index contributed by atoms with van der Waals surface area (Å²) in [5.74, 6) is 2.62. The summed E-state index contributed by atoms with van der Waals surface area (Å²) in [6, 6.07) is 5.89. The quantitative estimate of drug-likeness (QED) is 0.294. The fourth-order valence-electron chi connectivity index (χ4n) is 4.63. The van der Waals surface area contributed by atoms with Gasteiger partial charge >= 0.3 is 0 Å². The minimum absolute atomic E-state index is 0.0279. The van der Waals surface area contributed by atoms with E-state index in [9.17, 15) is 19.1 Å². The van der Waals surface area contributed by atoms with E-state index >= 15 is 4.39 Å². The van der Waals surface area contributed by atoms with Crippen LogP contribution in [0.15, 0.2) is 60.7 Å². The standard InChI is InChI=1S/C29H24F2N4O5/c1-28(2)14-29(28,26(37)34-17-6-4-5-16(30)7-8-17)27(38)35-18-9-10-23(20(31)11-18)40-25-19-12-24(39-3)22(36)13-21(19)32-15-33-25/h5,7-13,15,17,36H,14H2,1-3H3,(H,34,37)(H,35,38). The zero-order chi connectivity index (χ0) is 28.7. The van der Waals surface area contributed by atoms with Gasteiger partial charge in [-0.2, -0.15) is 0 Å². The zero-order valence-corrected chi connectivity index (χ0v) is 21.7. The number of nitrogens with one attached hydrogen (secondary N) is 2. The highest BCUT2D eigenvalue weighted by molar-refractivity contribution is 6.14. The number of fused-ring (bicyclic) bond motifs is 1. The number of hydrogen-bond donors (Lipinski definition) is 3. The van der Waals surface area contributed by atoms with Crippen molar-refractivity contribution in [2.24, 2.45) is 10.8 Å². The lowest BCUT2D eigenvalue weighted by molar-refractivity contribution is -0.136. The first-order chi connectivity index (χ1) is 19.0. The van der Waals surface area contributed by atoms with Crippen molar-refractivity contribution in [1.29, 1.82) is 0 Å². The molecule has 2 aliphatic carbocycles. The SMILES string of the molecule is COc1cc2c(Oc3ccc(NC(=O)C4(C(=O)NC5C#CC=C(F)C=C5)CC4(C)C)cc3F)ncnc2cc1O. The topological polar surface area (TPSA) is 123 Å². The predicted molar refractivity (Wildman–Crippen MR) is 142 cm³/mol. The third-order valence-electron chi connectivity index (χ3n) is 6.99. The molecule has 0 spiro atoms. The molecule has 9 nitrogen and oxygen atoms in total. The van der Waals surface area contributed by atoms with E-state index in [0.29, 0.717) is 10.9 Å². The van der Waals surface area contributed by atoms with Crippen LogP contribution in [-0.4, -0.2) is 40.0 Å². The Bertz CT molecular complexity index is 1670. The molecule has 3 N–H and O–H groups in total. The van der Waals surface area contributed by atoms with Crippen molar-refractivity contribution in [3.63, 3.8) is 0 Å². The van der Waals surface area contributed by atoms with Crippen molar-refractivity contribution >= 4 is 28.4 Å². The maximum absolute atomic E-state index is 15.1. The summed E-state index contributed by atoms with van der Waals surface area (Å²) < 4.78 is 39.3. The van der Waals surface area contributed by atoms with Crippen LogP contribution in [0.4, 0.5) is 14.5 Å². The molecule has 2 aromatic carbocycles. The molecule has 2 aliphatic rings. The molecular formula is C29H24F2N4O5. The summed E-state index contributed by atoms with van der Waals surface area (Å²) in [6.07, 6.45) is 5.14. The van der Waals surface area contributed by atoms with Crippen LogP contribution in [0.5, 0.6) is 23.1 Å². The molecule has 2 amide bonds. The molecule has 1 aromatic heterocycles. The number of ether oxygens (including phenoxy) is 2. The predicted octanol–water partition coefficient (Wildman–Crippen LogP) is 4.54. The number of anilines is 1. The summed E-state index contributed by atoms with van der Waals surface area (Å²) in [6.45, 7) is 3.56. The molecule has 204 valence electrons. The van der Waals surface area contributed by atoms with Crippen LogP contribution in [0.25, 0.3) is 10.9 Å². The van der Waals surface area contributed by atoms with Gasteiger partial charge in [0.05, 0.1) is 18.0 Å². The van der Waals surface area contributed by atoms with Gasteiger partial charge in [0, 0.05) is 23.9 Å². The number of phenolic OH excluding ortho intramolecular Hbond substituents is 1. The second kappa shape index (κ2) is 9.96. The zero-order valence-electron chi connectivity index (χ0n) is 21.7. The first-order valence-electron chi connectivity index (χ1n) is 12.2. The van der Waals surface area contributed by atoms with E-state index in [1.807, 2.05) is 0 Å². The van der Waals surface area contributed by atoms with E-state index in [2.05, 4.69) is 32.4 Å². The van der Waals surface area contributed by atoms with E-state index < -0.39 is 40.3 Å². The number of carbonyl (C=O) groups is 2. The van der Waals surface area contributed by atoms with Gasteiger partial charge in [-0.05, 0) is 42.2 Å². The van der Waals surface area contributed by atoms with Crippen LogP contribution in [0.3, 0.4) is 0 Å². The van der Waals surface area contributed by atoms with Gasteiger partial charge < -0.3 is 25.2 Å². The van der Waals surface area contributed by atoms with Crippen molar-refractivity contribution in [3.05, 3.63) is 66.5 Å². The molecule has 40 heavy (non-hydrogen) atoms. The average molecular weight is 547 g/mol. The summed E-state index contributed by atoms with van der Waals surface area (Å²) in [7, 11) is 1.38. The number of rotatable bonds is 7. The molecule has 0 radical (unpaired) electrons. The van der Waals surface area contributed by atoms with E-state index in [1.165, 1.54) is 49.9 Å². The van der Waals surface area contributed by atoms with Crippen LogP contribution in [0.1, 0.15) is 20.3 Å². The molecule has 0 aliphatic heterocycles. The Kier molecular flexibility index (Phi) is 6.63.